The maximum atomic E-state index is 13.1. The number of aliphatic hydroxyl groups is 1. The number of ether oxygens (including phenoxy) is 1. The molecule has 2 aliphatic rings. The number of likely N-dealkylation sites (tertiary alicyclic amines) is 1. The molecule has 0 spiro atoms. The number of methoxy groups -OCH3 is 1. The van der Waals surface area contributed by atoms with Gasteiger partial charge >= 0.3 is 6.18 Å². The summed E-state index contributed by atoms with van der Waals surface area (Å²) in [5.74, 6) is 0.227. The van der Waals surface area contributed by atoms with Crippen LogP contribution in [-0.4, -0.2) is 47.5 Å². The van der Waals surface area contributed by atoms with Gasteiger partial charge in [0.2, 0.25) is 0 Å². The highest BCUT2D eigenvalue weighted by atomic mass is 19.4. The highest BCUT2D eigenvalue weighted by Gasteiger charge is 2.34. The molecule has 1 fully saturated rings. The molecule has 0 amide bonds. The summed E-state index contributed by atoms with van der Waals surface area (Å²) in [6, 6.07) is 3.44. The molecule has 0 bridgehead atoms. The Hall–Kier alpha value is -2.19. The van der Waals surface area contributed by atoms with E-state index in [-0.39, 0.29) is 11.7 Å². The first-order valence-electron chi connectivity index (χ1n) is 10.3. The van der Waals surface area contributed by atoms with E-state index in [1.165, 1.54) is 13.2 Å². The van der Waals surface area contributed by atoms with E-state index in [9.17, 15) is 18.3 Å². The minimum Gasteiger partial charge on any atom is -0.496 e. The van der Waals surface area contributed by atoms with Crippen molar-refractivity contribution in [1.82, 2.24) is 15.1 Å². The molecule has 30 heavy (non-hydrogen) atoms. The fourth-order valence-corrected chi connectivity index (χ4v) is 4.72. The predicted molar refractivity (Wildman–Crippen MR) is 106 cm³/mol. The molecule has 4 rings (SSSR count). The number of halogens is 3. The molecule has 8 heteroatoms. The highest BCUT2D eigenvalue weighted by Crippen LogP contribution is 2.41. The van der Waals surface area contributed by atoms with Gasteiger partial charge in [0, 0.05) is 18.0 Å². The van der Waals surface area contributed by atoms with Gasteiger partial charge in [0.1, 0.15) is 17.5 Å². The summed E-state index contributed by atoms with van der Waals surface area (Å²) < 4.78 is 44.5. The summed E-state index contributed by atoms with van der Waals surface area (Å²) in [6.45, 7) is 1.84. The van der Waals surface area contributed by atoms with Crippen molar-refractivity contribution in [3.05, 3.63) is 40.6 Å². The van der Waals surface area contributed by atoms with Crippen molar-refractivity contribution in [1.29, 1.82) is 0 Å². The van der Waals surface area contributed by atoms with E-state index in [1.807, 2.05) is 0 Å². The van der Waals surface area contributed by atoms with Gasteiger partial charge in [0.25, 0.3) is 0 Å². The number of hydrogen-bond acceptors (Lipinski definition) is 5. The van der Waals surface area contributed by atoms with Crippen molar-refractivity contribution in [2.45, 2.75) is 44.4 Å². The van der Waals surface area contributed by atoms with E-state index in [0.717, 1.165) is 68.5 Å². The van der Waals surface area contributed by atoms with Gasteiger partial charge in [-0.2, -0.15) is 18.3 Å². The highest BCUT2D eigenvalue weighted by molar-refractivity contribution is 5.72. The number of aliphatic hydroxyl groups excluding tert-OH is 1. The molecule has 1 unspecified atom stereocenters. The van der Waals surface area contributed by atoms with Crippen LogP contribution in [0, 0.1) is 5.92 Å². The van der Waals surface area contributed by atoms with Gasteiger partial charge in [-0.25, -0.2) is 0 Å². The Bertz CT molecular complexity index is 933. The molecule has 0 radical (unpaired) electrons. The van der Waals surface area contributed by atoms with Gasteiger partial charge in [-0.1, -0.05) is 0 Å². The van der Waals surface area contributed by atoms with Crippen molar-refractivity contribution < 1.29 is 23.0 Å². The first-order valence-corrected chi connectivity index (χ1v) is 10.3. The number of benzene rings is 1. The average molecular weight is 421 g/mol. The van der Waals surface area contributed by atoms with Crippen LogP contribution in [0.15, 0.2) is 18.2 Å². The van der Waals surface area contributed by atoms with Gasteiger partial charge in [-0.05, 0) is 75.0 Å². The van der Waals surface area contributed by atoms with Crippen LogP contribution in [0.4, 0.5) is 13.2 Å². The Morgan fingerprint density at radius 2 is 1.93 bits per heavy atom. The summed E-state index contributed by atoms with van der Waals surface area (Å²) in [4.78, 5) is 2.21. The third-order valence-electron chi connectivity index (χ3n) is 6.24. The second kappa shape index (κ2) is 8.15. The smallest absolute Gasteiger partial charge is 0.416 e. The van der Waals surface area contributed by atoms with Crippen molar-refractivity contribution >= 4 is 0 Å². The predicted octanol–water partition coefficient (Wildman–Crippen LogP) is 4.03. The standard InChI is InChI=1S/C22H26F3N3O2/c1-28-10-4-5-13(12-28)21(29)20-16-7-3-6-15(16)19(26-27-20)17-9-8-14(22(23,24)25)11-18(17)30-2/h8-9,11,13,21,29H,3-7,10,12H2,1-2H3/t13-,21?/m1/s1. The Kier molecular flexibility index (Phi) is 5.72. The van der Waals surface area contributed by atoms with E-state index in [0.29, 0.717) is 17.0 Å². The van der Waals surface area contributed by atoms with Gasteiger partial charge in [0.15, 0.2) is 0 Å². The van der Waals surface area contributed by atoms with E-state index in [4.69, 9.17) is 4.74 Å². The average Bonchev–Trinajstić information content (AvgIpc) is 3.21. The lowest BCUT2D eigenvalue weighted by Crippen LogP contribution is -2.35. The van der Waals surface area contributed by atoms with E-state index >= 15 is 0 Å². The van der Waals surface area contributed by atoms with Crippen molar-refractivity contribution in [3.63, 3.8) is 0 Å². The molecular formula is C22H26F3N3O2. The van der Waals surface area contributed by atoms with Crippen LogP contribution in [0.5, 0.6) is 5.75 Å². The Morgan fingerprint density at radius 3 is 2.63 bits per heavy atom. The van der Waals surface area contributed by atoms with Crippen molar-refractivity contribution in [2.75, 3.05) is 27.2 Å². The third kappa shape index (κ3) is 3.90. The second-order valence-corrected chi connectivity index (χ2v) is 8.27. The molecule has 1 aromatic heterocycles. The molecule has 5 nitrogen and oxygen atoms in total. The molecule has 0 saturated carbocycles. The Morgan fingerprint density at radius 1 is 1.17 bits per heavy atom. The summed E-state index contributed by atoms with van der Waals surface area (Å²) in [5.41, 5.74) is 2.85. The quantitative estimate of drug-likeness (QED) is 0.808. The first kappa shape index (κ1) is 21.1. The van der Waals surface area contributed by atoms with Crippen LogP contribution >= 0.6 is 0 Å². The van der Waals surface area contributed by atoms with Crippen LogP contribution in [0.25, 0.3) is 11.3 Å². The van der Waals surface area contributed by atoms with Crippen LogP contribution < -0.4 is 4.74 Å². The number of aromatic nitrogens is 2. The monoisotopic (exact) mass is 421 g/mol. The van der Waals surface area contributed by atoms with Gasteiger partial charge in [0.05, 0.1) is 18.4 Å². The minimum atomic E-state index is -4.44. The lowest BCUT2D eigenvalue weighted by molar-refractivity contribution is -0.137. The van der Waals surface area contributed by atoms with Gasteiger partial charge in [-0.3, -0.25) is 0 Å². The number of alkyl halides is 3. The molecule has 1 aromatic carbocycles. The topological polar surface area (TPSA) is 58.5 Å². The molecule has 1 aliphatic heterocycles. The number of hydrogen-bond donors (Lipinski definition) is 1. The van der Waals surface area contributed by atoms with E-state index in [1.54, 1.807) is 0 Å². The molecule has 2 aromatic rings. The maximum absolute atomic E-state index is 13.1. The number of fused-ring (bicyclic) bond motifs is 1. The normalized spacial score (nSPS) is 20.8. The number of rotatable bonds is 4. The van der Waals surface area contributed by atoms with Gasteiger partial charge < -0.3 is 14.7 Å². The zero-order valence-electron chi connectivity index (χ0n) is 17.2. The van der Waals surface area contributed by atoms with Crippen LogP contribution in [0.2, 0.25) is 0 Å². The second-order valence-electron chi connectivity index (χ2n) is 8.27. The first-order chi connectivity index (χ1) is 14.3. The van der Waals surface area contributed by atoms with Gasteiger partial charge in [-0.15, -0.1) is 5.10 Å². The Labute approximate surface area is 173 Å². The molecule has 1 saturated heterocycles. The van der Waals surface area contributed by atoms with Crippen molar-refractivity contribution in [3.8, 4) is 17.0 Å². The molecule has 162 valence electrons. The zero-order valence-corrected chi connectivity index (χ0v) is 17.2. The van der Waals surface area contributed by atoms with E-state index < -0.39 is 17.8 Å². The fourth-order valence-electron chi connectivity index (χ4n) is 4.72. The molecule has 1 aliphatic carbocycles. The number of nitrogens with zero attached hydrogens (tertiary/aromatic N) is 3. The zero-order chi connectivity index (χ0) is 21.5. The van der Waals surface area contributed by atoms with Crippen molar-refractivity contribution in [2.24, 2.45) is 5.92 Å². The summed E-state index contributed by atoms with van der Waals surface area (Å²) in [5, 5.41) is 19.8. The van der Waals surface area contributed by atoms with Crippen LogP contribution in [0.3, 0.4) is 0 Å². The van der Waals surface area contributed by atoms with Crippen LogP contribution in [0.1, 0.15) is 47.8 Å². The van der Waals surface area contributed by atoms with Crippen LogP contribution in [-0.2, 0) is 19.0 Å². The van der Waals surface area contributed by atoms with E-state index in [2.05, 4.69) is 22.1 Å². The summed E-state index contributed by atoms with van der Waals surface area (Å²) in [6.07, 6.45) is -0.699. The largest absolute Gasteiger partial charge is 0.496 e. The summed E-state index contributed by atoms with van der Waals surface area (Å²) in [7, 11) is 3.40. The molecule has 2 heterocycles. The molecular weight excluding hydrogens is 395 g/mol. The lowest BCUT2D eigenvalue weighted by atomic mass is 9.88. The minimum absolute atomic E-state index is 0.106. The lowest BCUT2D eigenvalue weighted by Gasteiger charge is -2.33. The maximum Gasteiger partial charge on any atom is 0.416 e. The molecule has 2 atom stereocenters. The molecule has 1 N–H and O–H groups in total. The third-order valence-corrected chi connectivity index (χ3v) is 6.24. The SMILES string of the molecule is COc1cc(C(F)(F)F)ccc1-c1nnc(C(O)[C@@H]2CCCN(C)C2)c2c1CCC2. The fraction of sp³-hybridized carbons (Fsp3) is 0.545. The number of piperidine rings is 1. The Balaban J connectivity index is 1.73. The summed E-state index contributed by atoms with van der Waals surface area (Å²) >= 11 is 0.